The van der Waals surface area contributed by atoms with Crippen LogP contribution < -0.4 is 5.32 Å². The third-order valence-corrected chi connectivity index (χ3v) is 2.16. The molecule has 15 heavy (non-hydrogen) atoms. The quantitative estimate of drug-likeness (QED) is 0.750. The third-order valence-electron chi connectivity index (χ3n) is 2.16. The molecule has 1 rings (SSSR count). The Kier molecular flexibility index (Phi) is 4.10. The number of amides is 1. The summed E-state index contributed by atoms with van der Waals surface area (Å²) in [6.07, 6.45) is 3.23. The summed E-state index contributed by atoms with van der Waals surface area (Å²) >= 11 is 0. The number of carbonyl (C=O) groups excluding carboxylic acids is 1. The van der Waals surface area contributed by atoms with Crippen molar-refractivity contribution in [2.75, 3.05) is 5.32 Å². The Morgan fingerprint density at radius 3 is 2.33 bits per heavy atom. The maximum absolute atomic E-state index is 11.2. The van der Waals surface area contributed by atoms with E-state index in [1.807, 2.05) is 31.2 Å². The van der Waals surface area contributed by atoms with Crippen LogP contribution in [0.25, 0.3) is 0 Å². The molecule has 80 valence electrons. The molecule has 0 fully saturated rings. The molecule has 2 nitrogen and oxygen atoms in total. The van der Waals surface area contributed by atoms with Gasteiger partial charge >= 0.3 is 0 Å². The van der Waals surface area contributed by atoms with Gasteiger partial charge in [-0.15, -0.1) is 0 Å². The summed E-state index contributed by atoms with van der Waals surface area (Å²) in [6.45, 7) is 6.11. The Morgan fingerprint density at radius 2 is 1.87 bits per heavy atom. The van der Waals surface area contributed by atoms with Gasteiger partial charge in [0.05, 0.1) is 0 Å². The van der Waals surface area contributed by atoms with Crippen LogP contribution in [0.15, 0.2) is 36.4 Å². The lowest BCUT2D eigenvalue weighted by Crippen LogP contribution is -2.07. The van der Waals surface area contributed by atoms with Gasteiger partial charge in [0.1, 0.15) is 0 Å². The summed E-state index contributed by atoms with van der Waals surface area (Å²) < 4.78 is 0. The van der Waals surface area contributed by atoms with E-state index in [0.717, 1.165) is 5.69 Å². The van der Waals surface area contributed by atoms with Gasteiger partial charge in [-0.2, -0.15) is 0 Å². The zero-order chi connectivity index (χ0) is 11.3. The monoisotopic (exact) mass is 203 g/mol. The van der Waals surface area contributed by atoms with Crippen LogP contribution in [0.3, 0.4) is 0 Å². The first-order valence-corrected chi connectivity index (χ1v) is 5.17. The van der Waals surface area contributed by atoms with E-state index in [4.69, 9.17) is 0 Å². The van der Waals surface area contributed by atoms with E-state index in [0.29, 0.717) is 5.92 Å². The average Bonchev–Trinajstić information content (AvgIpc) is 2.18. The number of allylic oxidation sites excluding steroid dienone is 1. The Labute approximate surface area is 91.0 Å². The molecule has 1 amide bonds. The minimum Gasteiger partial charge on any atom is -0.323 e. The van der Waals surface area contributed by atoms with Crippen molar-refractivity contribution in [3.8, 4) is 0 Å². The maximum atomic E-state index is 11.2. The fourth-order valence-electron chi connectivity index (χ4n) is 1.29. The highest BCUT2D eigenvalue weighted by molar-refractivity contribution is 5.99. The van der Waals surface area contributed by atoms with Gasteiger partial charge in [-0.05, 0) is 36.6 Å². The number of hydrogen-bond acceptors (Lipinski definition) is 1. The molecule has 1 N–H and O–H groups in total. The number of hydrogen-bond donors (Lipinski definition) is 1. The van der Waals surface area contributed by atoms with Gasteiger partial charge in [0.15, 0.2) is 0 Å². The highest BCUT2D eigenvalue weighted by Crippen LogP contribution is 2.16. The van der Waals surface area contributed by atoms with Crippen molar-refractivity contribution in [3.05, 3.63) is 42.0 Å². The number of benzene rings is 1. The molecular formula is C13H17NO. The molecular weight excluding hydrogens is 186 g/mol. The van der Waals surface area contributed by atoms with Gasteiger partial charge < -0.3 is 5.32 Å². The van der Waals surface area contributed by atoms with E-state index in [9.17, 15) is 4.79 Å². The van der Waals surface area contributed by atoms with Crippen LogP contribution >= 0.6 is 0 Å². The highest BCUT2D eigenvalue weighted by Gasteiger charge is 2.00. The molecule has 0 aromatic heterocycles. The fraction of sp³-hybridized carbons (Fsp3) is 0.308. The fourth-order valence-corrected chi connectivity index (χ4v) is 1.29. The lowest BCUT2D eigenvalue weighted by atomic mass is 10.0. The molecule has 2 heteroatoms. The van der Waals surface area contributed by atoms with E-state index < -0.39 is 0 Å². The Morgan fingerprint density at radius 1 is 1.27 bits per heavy atom. The molecule has 0 radical (unpaired) electrons. The summed E-state index contributed by atoms with van der Waals surface area (Å²) in [5.41, 5.74) is 2.11. The van der Waals surface area contributed by atoms with E-state index in [2.05, 4.69) is 19.2 Å². The molecule has 0 spiro atoms. The molecule has 0 atom stereocenters. The molecule has 0 bridgehead atoms. The van der Waals surface area contributed by atoms with Crippen molar-refractivity contribution in [3.63, 3.8) is 0 Å². The van der Waals surface area contributed by atoms with Crippen LogP contribution in [0, 0.1) is 0 Å². The van der Waals surface area contributed by atoms with Gasteiger partial charge in [-0.1, -0.05) is 32.1 Å². The standard InChI is InChI=1S/C13H17NO/c1-4-5-13(15)14-12-8-6-11(7-9-12)10(2)3/h4-10H,1-3H3,(H,14,15)/b5-4+. The van der Waals surface area contributed by atoms with E-state index in [-0.39, 0.29) is 5.91 Å². The van der Waals surface area contributed by atoms with E-state index in [1.165, 1.54) is 11.6 Å². The van der Waals surface area contributed by atoms with E-state index in [1.54, 1.807) is 6.08 Å². The zero-order valence-corrected chi connectivity index (χ0v) is 9.45. The van der Waals surface area contributed by atoms with Crippen molar-refractivity contribution in [1.82, 2.24) is 0 Å². The third kappa shape index (κ3) is 3.58. The van der Waals surface area contributed by atoms with Crippen LogP contribution in [0.4, 0.5) is 5.69 Å². The summed E-state index contributed by atoms with van der Waals surface area (Å²) in [7, 11) is 0. The van der Waals surface area contributed by atoms with Gasteiger partial charge in [0.2, 0.25) is 5.91 Å². The normalized spacial score (nSPS) is 10.9. The van der Waals surface area contributed by atoms with Crippen molar-refractivity contribution in [2.45, 2.75) is 26.7 Å². The first kappa shape index (κ1) is 11.5. The maximum Gasteiger partial charge on any atom is 0.248 e. The summed E-state index contributed by atoms with van der Waals surface area (Å²) in [6, 6.07) is 7.93. The van der Waals surface area contributed by atoms with Crippen LogP contribution in [0.1, 0.15) is 32.3 Å². The minimum absolute atomic E-state index is 0.0882. The van der Waals surface area contributed by atoms with Crippen LogP contribution in [-0.2, 0) is 4.79 Å². The number of carbonyl (C=O) groups is 1. The lowest BCUT2D eigenvalue weighted by Gasteiger charge is -2.06. The Balaban J connectivity index is 2.68. The van der Waals surface area contributed by atoms with Gasteiger partial charge in [0.25, 0.3) is 0 Å². The predicted molar refractivity (Wildman–Crippen MR) is 64.0 cm³/mol. The second kappa shape index (κ2) is 5.35. The van der Waals surface area contributed by atoms with E-state index >= 15 is 0 Å². The highest BCUT2D eigenvalue weighted by atomic mass is 16.1. The molecule has 1 aromatic carbocycles. The number of rotatable bonds is 3. The molecule has 0 saturated carbocycles. The first-order chi connectivity index (χ1) is 7.13. The molecule has 0 aliphatic heterocycles. The van der Waals surface area contributed by atoms with Crippen LogP contribution in [0.2, 0.25) is 0 Å². The van der Waals surface area contributed by atoms with Crippen molar-refractivity contribution < 1.29 is 4.79 Å². The minimum atomic E-state index is -0.0882. The number of nitrogens with one attached hydrogen (secondary N) is 1. The largest absolute Gasteiger partial charge is 0.323 e. The van der Waals surface area contributed by atoms with Crippen LogP contribution in [-0.4, -0.2) is 5.91 Å². The average molecular weight is 203 g/mol. The lowest BCUT2D eigenvalue weighted by molar-refractivity contribution is -0.111. The van der Waals surface area contributed by atoms with Gasteiger partial charge in [-0.25, -0.2) is 0 Å². The summed E-state index contributed by atoms with van der Waals surface area (Å²) in [5, 5.41) is 2.78. The Bertz CT molecular complexity index is 349. The molecule has 0 aliphatic carbocycles. The first-order valence-electron chi connectivity index (χ1n) is 5.17. The van der Waals surface area contributed by atoms with Gasteiger partial charge in [0, 0.05) is 5.69 Å². The van der Waals surface area contributed by atoms with Crippen LogP contribution in [0.5, 0.6) is 0 Å². The number of anilines is 1. The summed E-state index contributed by atoms with van der Waals surface area (Å²) in [5.74, 6) is 0.431. The predicted octanol–water partition coefficient (Wildman–Crippen LogP) is 3.32. The Hall–Kier alpha value is -1.57. The van der Waals surface area contributed by atoms with Crippen molar-refractivity contribution in [1.29, 1.82) is 0 Å². The molecule has 0 aliphatic rings. The molecule has 1 aromatic rings. The van der Waals surface area contributed by atoms with Crippen molar-refractivity contribution >= 4 is 11.6 Å². The SMILES string of the molecule is C/C=C/C(=O)Nc1ccc(C(C)C)cc1. The van der Waals surface area contributed by atoms with Crippen molar-refractivity contribution in [2.24, 2.45) is 0 Å². The molecule has 0 heterocycles. The summed E-state index contributed by atoms with van der Waals surface area (Å²) in [4.78, 5) is 11.2. The zero-order valence-electron chi connectivity index (χ0n) is 9.45. The molecule has 0 unspecified atom stereocenters. The second-order valence-corrected chi connectivity index (χ2v) is 3.77. The molecule has 0 saturated heterocycles. The van der Waals surface area contributed by atoms with Gasteiger partial charge in [-0.3, -0.25) is 4.79 Å². The second-order valence-electron chi connectivity index (χ2n) is 3.77. The topological polar surface area (TPSA) is 29.1 Å². The smallest absolute Gasteiger partial charge is 0.248 e.